The maximum atomic E-state index is 13.8. The highest BCUT2D eigenvalue weighted by molar-refractivity contribution is 8.00. The number of amides is 1. The van der Waals surface area contributed by atoms with Crippen molar-refractivity contribution in [2.75, 3.05) is 11.3 Å². The lowest BCUT2D eigenvalue weighted by Gasteiger charge is -2.24. The average molecular weight is 575 g/mol. The molecule has 1 N–H and O–H groups in total. The topological polar surface area (TPSA) is 80.0 Å². The van der Waals surface area contributed by atoms with Crippen LogP contribution in [0.3, 0.4) is 0 Å². The van der Waals surface area contributed by atoms with Crippen LogP contribution in [-0.4, -0.2) is 33.9 Å². The number of benzene rings is 2. The number of rotatable bonds is 12. The third-order valence-electron chi connectivity index (χ3n) is 8.35. The van der Waals surface area contributed by atoms with Crippen molar-refractivity contribution in [2.24, 2.45) is 10.9 Å². The Kier molecular flexibility index (Phi) is 9.19. The summed E-state index contributed by atoms with van der Waals surface area (Å²) in [6.45, 7) is 12.0. The molecule has 2 aromatic carbocycles. The summed E-state index contributed by atoms with van der Waals surface area (Å²) in [7, 11) is 0. The van der Waals surface area contributed by atoms with Crippen LogP contribution in [0.15, 0.2) is 56.9 Å². The Labute approximate surface area is 248 Å². The van der Waals surface area contributed by atoms with Crippen LogP contribution in [0.25, 0.3) is 11.1 Å². The predicted octanol–water partition coefficient (Wildman–Crippen LogP) is 8.10. The van der Waals surface area contributed by atoms with Gasteiger partial charge in [-0.05, 0) is 92.6 Å². The fourth-order valence-electron chi connectivity index (χ4n) is 5.89. The highest BCUT2D eigenvalue weighted by Crippen LogP contribution is 2.43. The fraction of sp³-hybridized carbons (Fsp3) is 0.485. The number of anilines is 1. The number of carbonyl (C=O) groups is 1. The number of nitrogens with one attached hydrogen (secondary N) is 1. The quantitative estimate of drug-likeness (QED) is 0.220. The third kappa shape index (κ3) is 6.24. The second-order valence-corrected chi connectivity index (χ2v) is 12.3. The molecule has 218 valence electrons. The minimum absolute atomic E-state index is 0.189. The summed E-state index contributed by atoms with van der Waals surface area (Å²) in [5.74, 6) is 3.24. The van der Waals surface area contributed by atoms with Crippen molar-refractivity contribution < 1.29 is 14.1 Å². The Morgan fingerprint density at radius 1 is 1.17 bits per heavy atom. The first-order valence-corrected chi connectivity index (χ1v) is 15.7. The van der Waals surface area contributed by atoms with Gasteiger partial charge in [0, 0.05) is 23.5 Å². The second-order valence-electron chi connectivity index (χ2n) is 11.4. The molecule has 41 heavy (non-hydrogen) atoms. The molecule has 1 aliphatic heterocycles. The Bertz CT molecular complexity index is 1420. The van der Waals surface area contributed by atoms with E-state index in [1.807, 2.05) is 31.7 Å². The summed E-state index contributed by atoms with van der Waals surface area (Å²) >= 11 is 1.52. The van der Waals surface area contributed by atoms with Crippen molar-refractivity contribution in [1.82, 2.24) is 10.1 Å². The normalized spacial score (nSPS) is 20.3. The lowest BCUT2D eigenvalue weighted by atomic mass is 9.95. The molecule has 1 aliphatic carbocycles. The van der Waals surface area contributed by atoms with E-state index >= 15 is 0 Å². The molecule has 0 saturated heterocycles. The SMILES string of the molecule is CCCCC1=NC2(CCC(C)C2)C(=O)N1Cc1ccc(-c2ccccc2SNc2noc(C)c2C)c(COCC)c1. The van der Waals surface area contributed by atoms with Crippen molar-refractivity contribution in [2.45, 2.75) is 96.7 Å². The van der Waals surface area contributed by atoms with Crippen LogP contribution >= 0.6 is 11.9 Å². The molecule has 1 amide bonds. The van der Waals surface area contributed by atoms with Gasteiger partial charge in [-0.3, -0.25) is 14.7 Å². The summed E-state index contributed by atoms with van der Waals surface area (Å²) in [6, 6.07) is 14.9. The molecule has 0 radical (unpaired) electrons. The van der Waals surface area contributed by atoms with Crippen molar-refractivity contribution in [3.05, 3.63) is 64.9 Å². The summed E-state index contributed by atoms with van der Waals surface area (Å²) in [5.41, 5.74) is 4.90. The highest BCUT2D eigenvalue weighted by atomic mass is 32.2. The molecule has 1 fully saturated rings. The number of aromatic nitrogens is 1. The highest BCUT2D eigenvalue weighted by Gasteiger charge is 2.51. The molecule has 2 unspecified atom stereocenters. The molecule has 7 nitrogen and oxygen atoms in total. The Morgan fingerprint density at radius 3 is 2.71 bits per heavy atom. The molecule has 1 aromatic heterocycles. The number of carbonyl (C=O) groups excluding carboxylic acids is 1. The number of hydrogen-bond acceptors (Lipinski definition) is 7. The maximum Gasteiger partial charge on any atom is 0.256 e. The molecule has 0 bridgehead atoms. The van der Waals surface area contributed by atoms with E-state index in [1.54, 1.807) is 0 Å². The average Bonchev–Trinajstić information content (AvgIpc) is 3.60. The smallest absolute Gasteiger partial charge is 0.256 e. The molecular weight excluding hydrogens is 532 g/mol. The van der Waals surface area contributed by atoms with Crippen LogP contribution in [0.2, 0.25) is 0 Å². The van der Waals surface area contributed by atoms with Gasteiger partial charge >= 0.3 is 0 Å². The molecule has 5 rings (SSSR count). The molecular formula is C33H42N4O3S. The number of aryl methyl sites for hydroxylation is 1. The Balaban J connectivity index is 1.42. The van der Waals surface area contributed by atoms with Gasteiger partial charge in [0.2, 0.25) is 0 Å². The van der Waals surface area contributed by atoms with E-state index in [0.717, 1.165) is 88.7 Å². The summed E-state index contributed by atoms with van der Waals surface area (Å²) in [4.78, 5) is 22.0. The minimum atomic E-state index is -0.541. The van der Waals surface area contributed by atoms with E-state index in [4.69, 9.17) is 14.3 Å². The molecule has 1 spiro atoms. The van der Waals surface area contributed by atoms with Gasteiger partial charge in [0.25, 0.3) is 5.91 Å². The number of amidine groups is 1. The van der Waals surface area contributed by atoms with Crippen molar-refractivity contribution >= 4 is 29.5 Å². The first-order valence-electron chi connectivity index (χ1n) is 14.9. The number of ether oxygens (including phenoxy) is 1. The second kappa shape index (κ2) is 12.8. The molecule has 2 heterocycles. The van der Waals surface area contributed by atoms with Gasteiger partial charge in [0.1, 0.15) is 17.1 Å². The van der Waals surface area contributed by atoms with E-state index in [-0.39, 0.29) is 5.91 Å². The monoisotopic (exact) mass is 574 g/mol. The van der Waals surface area contributed by atoms with Crippen molar-refractivity contribution in [3.8, 4) is 11.1 Å². The van der Waals surface area contributed by atoms with Crippen LogP contribution in [0.5, 0.6) is 0 Å². The van der Waals surface area contributed by atoms with Crippen LogP contribution in [0.4, 0.5) is 5.82 Å². The summed E-state index contributed by atoms with van der Waals surface area (Å²) in [5, 5.41) is 4.14. The fourth-order valence-corrected chi connectivity index (χ4v) is 6.72. The largest absolute Gasteiger partial charge is 0.377 e. The number of hydrogen-bond donors (Lipinski definition) is 1. The zero-order chi connectivity index (χ0) is 29.0. The standard InChI is InChI=1S/C33H42N4O3S/c1-6-8-13-30-34-33(17-16-22(3)19-33)32(38)37(30)20-25-14-15-27(26(18-25)21-39-7-2)28-11-9-10-12-29(28)41-36-31-23(4)24(5)40-35-31/h9-12,14-15,18,22H,6-8,13,16-17,19-21H2,1-5H3,(H,35,36). The van der Waals surface area contributed by atoms with Crippen LogP contribution in [0.1, 0.15) is 81.7 Å². The predicted molar refractivity (Wildman–Crippen MR) is 166 cm³/mol. The van der Waals surface area contributed by atoms with Crippen LogP contribution < -0.4 is 4.72 Å². The Morgan fingerprint density at radius 2 is 2.00 bits per heavy atom. The zero-order valence-corrected chi connectivity index (χ0v) is 25.8. The number of aliphatic imine (C=N–C) groups is 1. The molecule has 2 aliphatic rings. The summed E-state index contributed by atoms with van der Waals surface area (Å²) in [6.07, 6.45) is 5.77. The van der Waals surface area contributed by atoms with Crippen LogP contribution in [-0.2, 0) is 22.7 Å². The molecule has 3 aromatic rings. The maximum absolute atomic E-state index is 13.8. The van der Waals surface area contributed by atoms with Crippen LogP contribution in [0, 0.1) is 19.8 Å². The molecule has 1 saturated carbocycles. The van der Waals surface area contributed by atoms with Gasteiger partial charge in [-0.15, -0.1) is 0 Å². The van der Waals surface area contributed by atoms with Crippen molar-refractivity contribution in [3.63, 3.8) is 0 Å². The summed E-state index contributed by atoms with van der Waals surface area (Å²) < 4.78 is 14.6. The van der Waals surface area contributed by atoms with E-state index in [9.17, 15) is 4.79 Å². The zero-order valence-electron chi connectivity index (χ0n) is 25.0. The number of nitrogens with zero attached hydrogens (tertiary/aromatic N) is 3. The Hall–Kier alpha value is -3.10. The van der Waals surface area contributed by atoms with Gasteiger partial charge in [0.15, 0.2) is 5.82 Å². The van der Waals surface area contributed by atoms with E-state index < -0.39 is 5.54 Å². The van der Waals surface area contributed by atoms with E-state index in [2.05, 4.69) is 60.1 Å². The van der Waals surface area contributed by atoms with Gasteiger partial charge in [-0.1, -0.05) is 61.8 Å². The first kappa shape index (κ1) is 29.4. The first-order chi connectivity index (χ1) is 19.8. The molecule has 2 atom stereocenters. The lowest BCUT2D eigenvalue weighted by Crippen LogP contribution is -2.40. The number of unbranched alkanes of at least 4 members (excludes halogenated alkanes) is 1. The van der Waals surface area contributed by atoms with Gasteiger partial charge in [-0.2, -0.15) is 0 Å². The van der Waals surface area contributed by atoms with Crippen molar-refractivity contribution in [1.29, 1.82) is 0 Å². The third-order valence-corrected chi connectivity index (χ3v) is 9.22. The lowest BCUT2D eigenvalue weighted by molar-refractivity contribution is -0.131. The van der Waals surface area contributed by atoms with Gasteiger partial charge in [-0.25, -0.2) is 0 Å². The van der Waals surface area contributed by atoms with E-state index in [1.165, 1.54) is 11.9 Å². The van der Waals surface area contributed by atoms with E-state index in [0.29, 0.717) is 25.7 Å². The molecule has 8 heteroatoms. The minimum Gasteiger partial charge on any atom is -0.377 e. The van der Waals surface area contributed by atoms with Gasteiger partial charge in [0.05, 0.1) is 13.2 Å². The van der Waals surface area contributed by atoms with Gasteiger partial charge < -0.3 is 14.0 Å².